The van der Waals surface area contributed by atoms with E-state index in [2.05, 4.69) is 5.10 Å². The molecular formula is C15H21N3O3S. The molecule has 0 spiro atoms. The van der Waals surface area contributed by atoms with Crippen molar-refractivity contribution < 1.29 is 13.2 Å². The van der Waals surface area contributed by atoms with Crippen LogP contribution >= 0.6 is 0 Å². The first-order chi connectivity index (χ1) is 10.5. The molecule has 0 saturated carbocycles. The maximum absolute atomic E-state index is 12.5. The predicted molar refractivity (Wildman–Crippen MR) is 84.2 cm³/mol. The number of nitrogens with zero attached hydrogens (tertiary/aromatic N) is 3. The molecule has 0 aliphatic rings. The second-order valence-corrected chi connectivity index (χ2v) is 6.87. The van der Waals surface area contributed by atoms with E-state index in [0.29, 0.717) is 12.4 Å². The molecule has 0 saturated heterocycles. The van der Waals surface area contributed by atoms with Gasteiger partial charge in [-0.3, -0.25) is 4.68 Å². The fourth-order valence-corrected chi connectivity index (χ4v) is 3.17. The van der Waals surface area contributed by atoms with Crippen LogP contribution in [-0.4, -0.2) is 36.2 Å². The van der Waals surface area contributed by atoms with E-state index in [1.165, 1.54) is 4.31 Å². The molecule has 2 rings (SSSR count). The van der Waals surface area contributed by atoms with Crippen molar-refractivity contribution in [2.45, 2.75) is 31.8 Å². The van der Waals surface area contributed by atoms with Gasteiger partial charge < -0.3 is 4.74 Å². The number of aryl methyl sites for hydroxylation is 1. The summed E-state index contributed by atoms with van der Waals surface area (Å²) < 4.78 is 33.5. The number of ether oxygens (including phenoxy) is 1. The molecular weight excluding hydrogens is 302 g/mol. The van der Waals surface area contributed by atoms with E-state index in [-0.39, 0.29) is 11.4 Å². The predicted octanol–water partition coefficient (Wildman–Crippen LogP) is 2.12. The quantitative estimate of drug-likeness (QED) is 0.783. The molecule has 0 N–H and O–H groups in total. The van der Waals surface area contributed by atoms with E-state index >= 15 is 0 Å². The number of aromatic nitrogens is 2. The normalized spacial score (nSPS) is 11.8. The number of benzene rings is 1. The Labute approximate surface area is 131 Å². The van der Waals surface area contributed by atoms with E-state index in [1.807, 2.05) is 26.1 Å². The highest BCUT2D eigenvalue weighted by molar-refractivity contribution is 7.89. The molecule has 0 radical (unpaired) electrons. The van der Waals surface area contributed by atoms with E-state index < -0.39 is 10.0 Å². The van der Waals surface area contributed by atoms with Gasteiger partial charge in [0.1, 0.15) is 5.75 Å². The molecule has 0 aliphatic heterocycles. The Kier molecular flexibility index (Phi) is 5.20. The van der Waals surface area contributed by atoms with Crippen molar-refractivity contribution in [3.8, 4) is 5.75 Å². The van der Waals surface area contributed by atoms with E-state index in [4.69, 9.17) is 4.74 Å². The standard InChI is InChI=1S/C15H21N3O3S/c1-4-18-11-10-13(16-18)12-17(3)22(19,20)15-8-6-14(7-9-15)21-5-2/h6-11H,4-5,12H2,1-3H3. The van der Waals surface area contributed by atoms with Gasteiger partial charge in [-0.1, -0.05) is 0 Å². The smallest absolute Gasteiger partial charge is 0.243 e. The second-order valence-electron chi connectivity index (χ2n) is 4.83. The SMILES string of the molecule is CCOc1ccc(S(=O)(=O)N(C)Cc2ccn(CC)n2)cc1. The van der Waals surface area contributed by atoms with Crippen LogP contribution in [0.2, 0.25) is 0 Å². The fourth-order valence-electron chi connectivity index (χ4n) is 2.03. The molecule has 0 fully saturated rings. The first-order valence-corrected chi connectivity index (χ1v) is 8.63. The summed E-state index contributed by atoms with van der Waals surface area (Å²) in [6, 6.07) is 8.27. The first-order valence-electron chi connectivity index (χ1n) is 7.19. The molecule has 0 unspecified atom stereocenters. The number of hydrogen-bond donors (Lipinski definition) is 0. The molecule has 7 heteroatoms. The van der Waals surface area contributed by atoms with Crippen LogP contribution < -0.4 is 4.74 Å². The highest BCUT2D eigenvalue weighted by Gasteiger charge is 2.21. The van der Waals surface area contributed by atoms with Crippen molar-refractivity contribution in [2.24, 2.45) is 0 Å². The molecule has 0 amide bonds. The Morgan fingerprint density at radius 1 is 1.18 bits per heavy atom. The number of sulfonamides is 1. The van der Waals surface area contributed by atoms with E-state index in [1.54, 1.807) is 36.0 Å². The van der Waals surface area contributed by atoms with Gasteiger partial charge in [0, 0.05) is 19.8 Å². The molecule has 0 bridgehead atoms. The average molecular weight is 323 g/mol. The van der Waals surface area contributed by atoms with Crippen molar-refractivity contribution in [1.82, 2.24) is 14.1 Å². The van der Waals surface area contributed by atoms with Crippen LogP contribution in [0.1, 0.15) is 19.5 Å². The number of hydrogen-bond acceptors (Lipinski definition) is 4. The molecule has 1 aromatic carbocycles. The summed E-state index contributed by atoms with van der Waals surface area (Å²) in [4.78, 5) is 0.244. The summed E-state index contributed by atoms with van der Waals surface area (Å²) >= 11 is 0. The highest BCUT2D eigenvalue weighted by Crippen LogP contribution is 2.20. The van der Waals surface area contributed by atoms with Gasteiger partial charge in [0.2, 0.25) is 10.0 Å². The third-order valence-electron chi connectivity index (χ3n) is 3.25. The molecule has 1 heterocycles. The zero-order valence-corrected chi connectivity index (χ0v) is 13.9. The lowest BCUT2D eigenvalue weighted by atomic mass is 10.3. The van der Waals surface area contributed by atoms with Gasteiger partial charge in [-0.2, -0.15) is 9.40 Å². The summed E-state index contributed by atoms with van der Waals surface area (Å²) in [7, 11) is -1.99. The summed E-state index contributed by atoms with van der Waals surface area (Å²) in [5.74, 6) is 0.658. The lowest BCUT2D eigenvalue weighted by molar-refractivity contribution is 0.340. The van der Waals surface area contributed by atoms with Gasteiger partial charge >= 0.3 is 0 Å². The largest absolute Gasteiger partial charge is 0.494 e. The second kappa shape index (κ2) is 6.93. The van der Waals surface area contributed by atoms with Gasteiger partial charge in [-0.15, -0.1) is 0 Å². The van der Waals surface area contributed by atoms with Crippen LogP contribution in [0.4, 0.5) is 0 Å². The van der Waals surface area contributed by atoms with Gasteiger partial charge in [-0.25, -0.2) is 8.42 Å². The zero-order chi connectivity index (χ0) is 16.2. The lowest BCUT2D eigenvalue weighted by Crippen LogP contribution is -2.26. The van der Waals surface area contributed by atoms with Gasteiger partial charge in [0.15, 0.2) is 0 Å². The molecule has 0 aliphatic carbocycles. The maximum Gasteiger partial charge on any atom is 0.243 e. The monoisotopic (exact) mass is 323 g/mol. The van der Waals surface area contributed by atoms with Gasteiger partial charge in [-0.05, 0) is 44.2 Å². The first kappa shape index (κ1) is 16.5. The fraction of sp³-hybridized carbons (Fsp3) is 0.400. The Morgan fingerprint density at radius 3 is 2.41 bits per heavy atom. The molecule has 2 aromatic rings. The lowest BCUT2D eigenvalue weighted by Gasteiger charge is -2.16. The van der Waals surface area contributed by atoms with Crippen LogP contribution in [0, 0.1) is 0 Å². The van der Waals surface area contributed by atoms with Crippen molar-refractivity contribution in [3.63, 3.8) is 0 Å². The average Bonchev–Trinajstić information content (AvgIpc) is 2.96. The molecule has 1 aromatic heterocycles. The Balaban J connectivity index is 2.14. The molecule has 120 valence electrons. The molecule has 0 atom stereocenters. The zero-order valence-electron chi connectivity index (χ0n) is 13.1. The van der Waals surface area contributed by atoms with Crippen molar-refractivity contribution in [3.05, 3.63) is 42.2 Å². The van der Waals surface area contributed by atoms with Crippen LogP contribution in [0.3, 0.4) is 0 Å². The Hall–Kier alpha value is -1.86. The van der Waals surface area contributed by atoms with Crippen LogP contribution in [0.25, 0.3) is 0 Å². The van der Waals surface area contributed by atoms with Gasteiger partial charge in [0.25, 0.3) is 0 Å². The minimum atomic E-state index is -3.54. The number of rotatable bonds is 7. The summed E-state index contributed by atoms with van der Waals surface area (Å²) in [5, 5.41) is 4.30. The van der Waals surface area contributed by atoms with Crippen molar-refractivity contribution in [2.75, 3.05) is 13.7 Å². The van der Waals surface area contributed by atoms with Crippen LogP contribution in [-0.2, 0) is 23.1 Å². The summed E-state index contributed by atoms with van der Waals surface area (Å²) in [5.41, 5.74) is 0.721. The topological polar surface area (TPSA) is 64.4 Å². The Bertz CT molecular complexity index is 708. The summed E-state index contributed by atoms with van der Waals surface area (Å²) in [6.07, 6.45) is 1.84. The third-order valence-corrected chi connectivity index (χ3v) is 5.07. The maximum atomic E-state index is 12.5. The molecule has 6 nitrogen and oxygen atoms in total. The van der Waals surface area contributed by atoms with E-state index in [9.17, 15) is 8.42 Å². The Morgan fingerprint density at radius 2 is 1.86 bits per heavy atom. The molecule has 22 heavy (non-hydrogen) atoms. The van der Waals surface area contributed by atoms with Crippen molar-refractivity contribution >= 4 is 10.0 Å². The van der Waals surface area contributed by atoms with Crippen LogP contribution in [0.5, 0.6) is 5.75 Å². The van der Waals surface area contributed by atoms with Gasteiger partial charge in [0.05, 0.1) is 23.7 Å². The minimum Gasteiger partial charge on any atom is -0.494 e. The van der Waals surface area contributed by atoms with Crippen LogP contribution in [0.15, 0.2) is 41.4 Å². The highest BCUT2D eigenvalue weighted by atomic mass is 32.2. The van der Waals surface area contributed by atoms with E-state index in [0.717, 1.165) is 12.2 Å². The summed E-state index contributed by atoms with van der Waals surface area (Å²) in [6.45, 7) is 5.41. The minimum absolute atomic E-state index is 0.239. The van der Waals surface area contributed by atoms with Crippen molar-refractivity contribution in [1.29, 1.82) is 0 Å². The third kappa shape index (κ3) is 3.66.